The van der Waals surface area contributed by atoms with Gasteiger partial charge in [-0.3, -0.25) is 19.1 Å². The quantitative estimate of drug-likeness (QED) is 0.400. The highest BCUT2D eigenvalue weighted by Gasteiger charge is 2.64. The van der Waals surface area contributed by atoms with Gasteiger partial charge in [-0.05, 0) is 74.7 Å². The zero-order valence-corrected chi connectivity index (χ0v) is 29.6. The predicted octanol–water partition coefficient (Wildman–Crippen LogP) is 4.52. The van der Waals surface area contributed by atoms with Gasteiger partial charge in [-0.15, -0.1) is 0 Å². The van der Waals surface area contributed by atoms with E-state index in [-0.39, 0.29) is 50.5 Å². The molecule has 0 spiro atoms. The van der Waals surface area contributed by atoms with Gasteiger partial charge in [0.05, 0.1) is 13.2 Å². The molecule has 5 aliphatic rings. The lowest BCUT2D eigenvalue weighted by molar-refractivity contribution is -0.140. The van der Waals surface area contributed by atoms with Crippen molar-refractivity contribution in [2.24, 2.45) is 17.8 Å². The zero-order chi connectivity index (χ0) is 35.3. The van der Waals surface area contributed by atoms with Crippen LogP contribution in [-0.2, 0) is 30.8 Å². The van der Waals surface area contributed by atoms with Gasteiger partial charge in [-0.1, -0.05) is 50.6 Å². The third-order valence-corrected chi connectivity index (χ3v) is 13.6. The summed E-state index contributed by atoms with van der Waals surface area (Å²) in [5, 5.41) is 4.70. The number of aromatic nitrogens is 1. The number of aryl methyl sites for hydroxylation is 1. The molecule has 1 aromatic carbocycles. The van der Waals surface area contributed by atoms with Crippen LogP contribution in [-0.4, -0.2) is 78.3 Å². The standard InChI is InChI=1S/C37H47FN4O7S/c1-3-24-17-23(2)9-4-5-10-25-20-37(25,35(45)41-50(46,47)36(22-38)14-15-36)40-32(44)30-19-26(21-42(30)31(43)18-24)49-34-29-12-7-6-11-27(29)28-13-8-16-48-33(28)39-34/h5-7,10-12,23-26,30H,3-4,8-9,13-22H2,1-2H3,(H,40,44)(H,41,45)/b10-5-/t23-,24-,25?,26-,30+,37-/m1/s1. The average Bonchev–Trinajstić information content (AvgIpc) is 4.01. The van der Waals surface area contributed by atoms with Crippen molar-refractivity contribution in [3.05, 3.63) is 42.0 Å². The number of hydrogen-bond acceptors (Lipinski definition) is 8. The highest BCUT2D eigenvalue weighted by molar-refractivity contribution is 7.91. The van der Waals surface area contributed by atoms with Gasteiger partial charge < -0.3 is 19.7 Å². The highest BCUT2D eigenvalue weighted by atomic mass is 32.2. The van der Waals surface area contributed by atoms with E-state index in [4.69, 9.17) is 14.5 Å². The number of carbonyl (C=O) groups excluding carboxylic acids is 3. The maximum absolute atomic E-state index is 14.3. The second kappa shape index (κ2) is 13.4. The van der Waals surface area contributed by atoms with Crippen LogP contribution >= 0.6 is 0 Å². The van der Waals surface area contributed by atoms with Crippen LogP contribution in [0, 0.1) is 17.8 Å². The van der Waals surface area contributed by atoms with E-state index in [9.17, 15) is 27.2 Å². The summed E-state index contributed by atoms with van der Waals surface area (Å²) >= 11 is 0. The number of sulfonamides is 1. The molecule has 3 amide bonds. The van der Waals surface area contributed by atoms with Gasteiger partial charge in [-0.25, -0.2) is 12.8 Å². The number of pyridine rings is 1. The maximum Gasteiger partial charge on any atom is 0.259 e. The summed E-state index contributed by atoms with van der Waals surface area (Å²) in [6.45, 7) is 3.87. The summed E-state index contributed by atoms with van der Waals surface area (Å²) < 4.78 is 52.8. The lowest BCUT2D eigenvalue weighted by Gasteiger charge is -2.28. The van der Waals surface area contributed by atoms with Gasteiger partial charge in [0.2, 0.25) is 33.6 Å². The first kappa shape index (κ1) is 34.7. The van der Waals surface area contributed by atoms with E-state index >= 15 is 0 Å². The summed E-state index contributed by atoms with van der Waals surface area (Å²) in [6, 6.07) is 6.87. The molecule has 2 saturated carbocycles. The largest absolute Gasteiger partial charge is 0.477 e. The summed E-state index contributed by atoms with van der Waals surface area (Å²) in [4.78, 5) is 48.4. The molecule has 11 nitrogen and oxygen atoms in total. The third-order valence-electron chi connectivity index (χ3n) is 11.5. The minimum Gasteiger partial charge on any atom is -0.477 e. The Hall–Kier alpha value is -3.74. The average molecular weight is 711 g/mol. The number of ether oxygens (including phenoxy) is 2. The lowest BCUT2D eigenvalue weighted by atomic mass is 9.88. The molecule has 2 aliphatic carbocycles. The van der Waals surface area contributed by atoms with Crippen LogP contribution in [0.4, 0.5) is 4.39 Å². The first-order valence-electron chi connectivity index (χ1n) is 18.1. The van der Waals surface area contributed by atoms with Gasteiger partial charge in [-0.2, -0.15) is 4.98 Å². The Kier molecular flexibility index (Phi) is 9.32. The number of benzene rings is 1. The molecule has 6 atom stereocenters. The van der Waals surface area contributed by atoms with E-state index in [1.165, 1.54) is 0 Å². The number of alkyl halides is 1. The number of rotatable bonds is 7. The van der Waals surface area contributed by atoms with Gasteiger partial charge in [0.1, 0.15) is 29.1 Å². The van der Waals surface area contributed by atoms with E-state index in [0.717, 1.165) is 54.9 Å². The van der Waals surface area contributed by atoms with E-state index in [0.29, 0.717) is 24.3 Å². The fourth-order valence-corrected chi connectivity index (χ4v) is 9.43. The fraction of sp³-hybridized carbons (Fsp3) is 0.622. The molecule has 2 N–H and O–H groups in total. The Bertz CT molecular complexity index is 1810. The third kappa shape index (κ3) is 6.46. The number of nitrogens with zero attached hydrogens (tertiary/aromatic N) is 2. The molecule has 0 radical (unpaired) electrons. The summed E-state index contributed by atoms with van der Waals surface area (Å²) in [5.74, 6) is -0.650. The molecule has 1 unspecified atom stereocenters. The van der Waals surface area contributed by atoms with Crippen molar-refractivity contribution in [2.45, 2.75) is 107 Å². The van der Waals surface area contributed by atoms with Gasteiger partial charge in [0.25, 0.3) is 5.91 Å². The number of fused-ring (bicyclic) bond motifs is 5. The zero-order valence-electron chi connectivity index (χ0n) is 28.8. The Morgan fingerprint density at radius 1 is 1.20 bits per heavy atom. The Labute approximate surface area is 292 Å². The van der Waals surface area contributed by atoms with Crippen LogP contribution in [0.5, 0.6) is 11.8 Å². The van der Waals surface area contributed by atoms with Crippen molar-refractivity contribution in [1.82, 2.24) is 19.9 Å². The van der Waals surface area contributed by atoms with Crippen molar-refractivity contribution < 1.29 is 36.7 Å². The van der Waals surface area contributed by atoms with Crippen molar-refractivity contribution >= 4 is 38.5 Å². The SMILES string of the molecule is CC[C@H]1CC(=O)N2C[C@H](Oc3nc4c(c5ccccc35)CCCO4)C[C@H]2C(=O)N[C@]2(C(=O)NS(=O)(=O)C3(CF)CC3)CC2/C=C\CC[C@@H](C)C1. The topological polar surface area (TPSA) is 144 Å². The minimum atomic E-state index is -4.30. The molecule has 3 fully saturated rings. The second-order valence-electron chi connectivity index (χ2n) is 15.1. The van der Waals surface area contributed by atoms with Crippen LogP contribution in [0.15, 0.2) is 36.4 Å². The van der Waals surface area contributed by atoms with Crippen molar-refractivity contribution in [1.29, 1.82) is 0 Å². The smallest absolute Gasteiger partial charge is 0.259 e. The number of carbonyl (C=O) groups is 3. The van der Waals surface area contributed by atoms with Crippen LogP contribution in [0.2, 0.25) is 0 Å². The van der Waals surface area contributed by atoms with Crippen LogP contribution in [0.25, 0.3) is 10.8 Å². The van der Waals surface area contributed by atoms with E-state index in [1.807, 2.05) is 36.4 Å². The van der Waals surface area contributed by atoms with E-state index < -0.39 is 56.9 Å². The monoisotopic (exact) mass is 710 g/mol. The van der Waals surface area contributed by atoms with E-state index in [1.54, 1.807) is 4.90 Å². The molecule has 0 bridgehead atoms. The van der Waals surface area contributed by atoms with Crippen LogP contribution in [0.3, 0.4) is 0 Å². The molecule has 2 aromatic rings. The Morgan fingerprint density at radius 3 is 2.72 bits per heavy atom. The predicted molar refractivity (Wildman–Crippen MR) is 185 cm³/mol. The molecule has 3 aliphatic heterocycles. The molecular weight excluding hydrogens is 663 g/mol. The molecule has 4 heterocycles. The second-order valence-corrected chi connectivity index (χ2v) is 17.2. The molecule has 270 valence electrons. The number of hydrogen-bond donors (Lipinski definition) is 2. The Morgan fingerprint density at radius 2 is 1.98 bits per heavy atom. The van der Waals surface area contributed by atoms with Gasteiger partial charge in [0.15, 0.2) is 0 Å². The molecule has 13 heteroatoms. The minimum absolute atomic E-state index is 0.132. The van der Waals surface area contributed by atoms with E-state index in [2.05, 4.69) is 23.9 Å². The van der Waals surface area contributed by atoms with Gasteiger partial charge >= 0.3 is 0 Å². The van der Waals surface area contributed by atoms with Crippen molar-refractivity contribution in [3.8, 4) is 11.8 Å². The van der Waals surface area contributed by atoms with Crippen molar-refractivity contribution in [2.75, 3.05) is 19.8 Å². The molecule has 1 aromatic heterocycles. The lowest BCUT2D eigenvalue weighted by Crippen LogP contribution is -2.57. The number of allylic oxidation sites excluding steroid dienone is 1. The number of halogens is 1. The van der Waals surface area contributed by atoms with Crippen LogP contribution < -0.4 is 19.5 Å². The number of nitrogens with one attached hydrogen (secondary N) is 2. The Balaban J connectivity index is 1.18. The molecule has 7 rings (SSSR count). The first-order valence-corrected chi connectivity index (χ1v) is 19.6. The summed E-state index contributed by atoms with van der Waals surface area (Å²) in [6.07, 6.45) is 9.23. The molecular formula is C37H47FN4O7S. The van der Waals surface area contributed by atoms with Crippen molar-refractivity contribution in [3.63, 3.8) is 0 Å². The summed E-state index contributed by atoms with van der Waals surface area (Å²) in [5.41, 5.74) is -0.503. The van der Waals surface area contributed by atoms with Gasteiger partial charge in [0, 0.05) is 29.7 Å². The maximum atomic E-state index is 14.3. The highest BCUT2D eigenvalue weighted by Crippen LogP contribution is 2.48. The molecule has 1 saturated heterocycles. The first-order chi connectivity index (χ1) is 24.0. The molecule has 50 heavy (non-hydrogen) atoms. The summed E-state index contributed by atoms with van der Waals surface area (Å²) in [7, 11) is -4.30. The fourth-order valence-electron chi connectivity index (χ4n) is 8.01. The number of amides is 3. The van der Waals surface area contributed by atoms with Crippen LogP contribution in [0.1, 0.15) is 83.6 Å². The normalized spacial score (nSPS) is 31.5.